The molecule has 0 spiro atoms. The van der Waals surface area contributed by atoms with Gasteiger partial charge in [-0.3, -0.25) is 0 Å². The van der Waals surface area contributed by atoms with E-state index in [4.69, 9.17) is 27.1 Å². The summed E-state index contributed by atoms with van der Waals surface area (Å²) >= 11 is 5.75. The van der Waals surface area contributed by atoms with Gasteiger partial charge >= 0.3 is 0 Å². The average molecular weight is 291 g/mol. The second-order valence-corrected chi connectivity index (χ2v) is 5.59. The van der Waals surface area contributed by atoms with Crippen molar-refractivity contribution in [3.05, 3.63) is 28.8 Å². The van der Waals surface area contributed by atoms with Crippen molar-refractivity contribution in [1.82, 2.24) is 4.72 Å². The largest absolute Gasteiger partial charge is 0.394 e. The molecule has 0 saturated carbocycles. The van der Waals surface area contributed by atoms with Gasteiger partial charge in [0.15, 0.2) is 0 Å². The molecule has 3 N–H and O–H groups in total. The first-order chi connectivity index (χ1) is 8.40. The van der Waals surface area contributed by atoms with Crippen molar-refractivity contribution >= 4 is 21.6 Å². The molecule has 0 bridgehead atoms. The molecule has 0 aromatic heterocycles. The van der Waals surface area contributed by atoms with Gasteiger partial charge in [-0.05, 0) is 18.2 Å². The molecule has 98 valence electrons. The number of nitrogens with zero attached hydrogens (tertiary/aromatic N) is 1. The zero-order valence-corrected chi connectivity index (χ0v) is 10.7. The van der Waals surface area contributed by atoms with E-state index in [1.54, 1.807) is 6.07 Å². The number of nitriles is 1. The highest BCUT2D eigenvalue weighted by Gasteiger charge is 2.19. The molecule has 6 nitrogen and oxygen atoms in total. The fourth-order valence-corrected chi connectivity index (χ4v) is 2.72. The number of benzene rings is 1. The third-order valence-electron chi connectivity index (χ3n) is 2.07. The fourth-order valence-electron chi connectivity index (χ4n) is 1.13. The van der Waals surface area contributed by atoms with Crippen molar-refractivity contribution in [3.8, 4) is 6.07 Å². The number of aliphatic hydroxyl groups excluding tert-OH is 2. The maximum atomic E-state index is 11.8. The zero-order chi connectivity index (χ0) is 13.8. The first-order valence-electron chi connectivity index (χ1n) is 4.89. The molecule has 1 aromatic rings. The third kappa shape index (κ3) is 3.66. The Morgan fingerprint density at radius 3 is 2.72 bits per heavy atom. The molecule has 0 heterocycles. The average Bonchev–Trinajstić information content (AvgIpc) is 2.36. The monoisotopic (exact) mass is 290 g/mol. The first kappa shape index (κ1) is 14.9. The van der Waals surface area contributed by atoms with Crippen molar-refractivity contribution in [3.63, 3.8) is 0 Å². The molecule has 0 saturated heterocycles. The van der Waals surface area contributed by atoms with Crippen LogP contribution in [0.1, 0.15) is 5.56 Å². The standard InChI is InChI=1S/C10H11ClN2O4S/c11-9-2-1-7(4-12)3-10(9)18(16,17)13-5-8(15)6-14/h1-3,8,13-15H,5-6H2. The zero-order valence-electron chi connectivity index (χ0n) is 9.17. The number of hydrogen-bond donors (Lipinski definition) is 3. The molecule has 0 aliphatic rings. The Balaban J connectivity index is 3.02. The fraction of sp³-hybridized carbons (Fsp3) is 0.300. The summed E-state index contributed by atoms with van der Waals surface area (Å²) in [7, 11) is -3.93. The van der Waals surface area contributed by atoms with Gasteiger partial charge in [-0.15, -0.1) is 0 Å². The Labute approximate surface area is 109 Å². The minimum atomic E-state index is -3.93. The number of rotatable bonds is 5. The van der Waals surface area contributed by atoms with Gasteiger partial charge in [-0.25, -0.2) is 13.1 Å². The van der Waals surface area contributed by atoms with E-state index in [0.29, 0.717) is 0 Å². The number of aliphatic hydroxyl groups is 2. The minimum absolute atomic E-state index is 0.0278. The van der Waals surface area contributed by atoms with E-state index < -0.39 is 22.7 Å². The van der Waals surface area contributed by atoms with E-state index in [2.05, 4.69) is 4.72 Å². The van der Waals surface area contributed by atoms with E-state index in [1.807, 2.05) is 0 Å². The van der Waals surface area contributed by atoms with Crippen LogP contribution >= 0.6 is 11.6 Å². The summed E-state index contributed by atoms with van der Waals surface area (Å²) in [5.41, 5.74) is 0.155. The summed E-state index contributed by atoms with van der Waals surface area (Å²) in [6, 6.07) is 5.63. The van der Waals surface area contributed by atoms with Gasteiger partial charge in [0.05, 0.1) is 29.4 Å². The van der Waals surface area contributed by atoms with E-state index >= 15 is 0 Å². The molecule has 0 amide bonds. The highest BCUT2D eigenvalue weighted by Crippen LogP contribution is 2.22. The third-order valence-corrected chi connectivity index (χ3v) is 3.97. The SMILES string of the molecule is N#Cc1ccc(Cl)c(S(=O)(=O)NCC(O)CO)c1. The summed E-state index contributed by atoms with van der Waals surface area (Å²) < 4.78 is 25.8. The van der Waals surface area contributed by atoms with Crippen LogP contribution in [0.3, 0.4) is 0 Å². The van der Waals surface area contributed by atoms with Crippen molar-refractivity contribution in [1.29, 1.82) is 5.26 Å². The van der Waals surface area contributed by atoms with Crippen LogP contribution in [0, 0.1) is 11.3 Å². The number of halogens is 1. The Hall–Kier alpha value is -1.17. The van der Waals surface area contributed by atoms with E-state index in [-0.39, 0.29) is 22.0 Å². The Kier molecular flexibility index (Phi) is 5.07. The summed E-state index contributed by atoms with van der Waals surface area (Å²) in [6.07, 6.45) is -1.20. The van der Waals surface area contributed by atoms with Crippen LogP contribution in [0.2, 0.25) is 5.02 Å². The minimum Gasteiger partial charge on any atom is -0.394 e. The lowest BCUT2D eigenvalue weighted by atomic mass is 10.2. The lowest BCUT2D eigenvalue weighted by Crippen LogP contribution is -2.34. The Morgan fingerprint density at radius 1 is 1.50 bits per heavy atom. The Bertz CT molecular complexity index is 568. The molecule has 18 heavy (non-hydrogen) atoms. The van der Waals surface area contributed by atoms with Gasteiger partial charge in [0.1, 0.15) is 4.90 Å². The van der Waals surface area contributed by atoms with Gasteiger partial charge in [-0.2, -0.15) is 5.26 Å². The molecule has 0 aliphatic heterocycles. The predicted octanol–water partition coefficient (Wildman–Crippen LogP) is -0.157. The summed E-state index contributed by atoms with van der Waals surface area (Å²) in [4.78, 5) is -0.242. The molecule has 0 aliphatic carbocycles. The van der Waals surface area contributed by atoms with Gasteiger partial charge in [-0.1, -0.05) is 11.6 Å². The molecule has 8 heteroatoms. The van der Waals surface area contributed by atoms with Crippen molar-refractivity contribution in [2.75, 3.05) is 13.2 Å². The smallest absolute Gasteiger partial charge is 0.242 e. The molecule has 1 atom stereocenters. The molecule has 1 unspecified atom stereocenters. The van der Waals surface area contributed by atoms with Crippen molar-refractivity contribution in [2.45, 2.75) is 11.0 Å². The molecular formula is C10H11ClN2O4S. The lowest BCUT2D eigenvalue weighted by Gasteiger charge is -2.11. The second kappa shape index (κ2) is 6.13. The van der Waals surface area contributed by atoms with E-state index in [0.717, 1.165) is 6.07 Å². The Morgan fingerprint density at radius 2 is 2.17 bits per heavy atom. The van der Waals surface area contributed by atoms with Gasteiger partial charge < -0.3 is 10.2 Å². The topological polar surface area (TPSA) is 110 Å². The number of nitrogens with one attached hydrogen (secondary N) is 1. The van der Waals surface area contributed by atoms with Crippen molar-refractivity contribution < 1.29 is 18.6 Å². The van der Waals surface area contributed by atoms with Crippen molar-refractivity contribution in [2.24, 2.45) is 0 Å². The summed E-state index contributed by atoms with van der Waals surface area (Å²) in [5, 5.41) is 26.3. The first-order valence-corrected chi connectivity index (χ1v) is 6.75. The maximum absolute atomic E-state index is 11.8. The van der Waals surface area contributed by atoms with Crippen LogP contribution in [0.5, 0.6) is 0 Å². The predicted molar refractivity (Wildman–Crippen MR) is 64.4 cm³/mol. The second-order valence-electron chi connectivity index (χ2n) is 3.45. The molecular weight excluding hydrogens is 280 g/mol. The van der Waals surface area contributed by atoms with Crippen LogP contribution in [0.25, 0.3) is 0 Å². The summed E-state index contributed by atoms with van der Waals surface area (Å²) in [6.45, 7) is -0.902. The van der Waals surface area contributed by atoms with Crippen LogP contribution in [-0.2, 0) is 10.0 Å². The number of hydrogen-bond acceptors (Lipinski definition) is 5. The van der Waals surface area contributed by atoms with Crippen LogP contribution < -0.4 is 4.72 Å². The quantitative estimate of drug-likeness (QED) is 0.698. The number of sulfonamides is 1. The van der Waals surface area contributed by atoms with Gasteiger partial charge in [0, 0.05) is 6.54 Å². The molecule has 0 fully saturated rings. The van der Waals surface area contributed by atoms with E-state index in [1.165, 1.54) is 12.1 Å². The molecule has 0 radical (unpaired) electrons. The van der Waals surface area contributed by atoms with Crippen LogP contribution in [-0.4, -0.2) is 37.9 Å². The summed E-state index contributed by atoms with van der Waals surface area (Å²) in [5.74, 6) is 0. The molecule has 1 aromatic carbocycles. The highest BCUT2D eigenvalue weighted by molar-refractivity contribution is 7.89. The van der Waals surface area contributed by atoms with Gasteiger partial charge in [0.2, 0.25) is 10.0 Å². The van der Waals surface area contributed by atoms with Gasteiger partial charge in [0.25, 0.3) is 0 Å². The normalized spacial score (nSPS) is 13.0. The lowest BCUT2D eigenvalue weighted by molar-refractivity contribution is 0.0988. The van der Waals surface area contributed by atoms with Crippen LogP contribution in [0.15, 0.2) is 23.1 Å². The molecule has 1 rings (SSSR count). The van der Waals surface area contributed by atoms with E-state index in [9.17, 15) is 8.42 Å². The highest BCUT2D eigenvalue weighted by atomic mass is 35.5. The maximum Gasteiger partial charge on any atom is 0.242 e. The van der Waals surface area contributed by atoms with Crippen LogP contribution in [0.4, 0.5) is 0 Å².